The number of hydrogen-bond acceptors (Lipinski definition) is 5. The van der Waals surface area contributed by atoms with Gasteiger partial charge in [0.2, 0.25) is 5.91 Å². The molecule has 2 aromatic heterocycles. The monoisotopic (exact) mass is 522 g/mol. The van der Waals surface area contributed by atoms with Crippen molar-refractivity contribution in [2.24, 2.45) is 0 Å². The van der Waals surface area contributed by atoms with Crippen LogP contribution in [0.5, 0.6) is 0 Å². The molecule has 0 atom stereocenters. The molecule has 188 valence electrons. The second kappa shape index (κ2) is 12.2. The molecule has 36 heavy (non-hydrogen) atoms. The molecule has 1 amide bonds. The summed E-state index contributed by atoms with van der Waals surface area (Å²) < 4.78 is 3.96. The van der Waals surface area contributed by atoms with E-state index in [-0.39, 0.29) is 11.7 Å². The Bertz CT molecular complexity index is 1300. The summed E-state index contributed by atoms with van der Waals surface area (Å²) in [6.45, 7) is 6.86. The summed E-state index contributed by atoms with van der Waals surface area (Å²) in [5, 5.41) is 17.9. The van der Waals surface area contributed by atoms with Crippen LogP contribution in [0.1, 0.15) is 44.0 Å². The first-order valence-corrected chi connectivity index (χ1v) is 13.6. The summed E-state index contributed by atoms with van der Waals surface area (Å²) in [6, 6.07) is 17.5. The maximum absolute atomic E-state index is 12.9. The molecule has 2 aromatic carbocycles. The van der Waals surface area contributed by atoms with Crippen LogP contribution in [0, 0.1) is 13.8 Å². The number of rotatable bonds is 11. The van der Waals surface area contributed by atoms with E-state index in [1.807, 2.05) is 73.1 Å². The van der Waals surface area contributed by atoms with Crippen molar-refractivity contribution >= 4 is 35.0 Å². The van der Waals surface area contributed by atoms with Gasteiger partial charge in [-0.1, -0.05) is 67.7 Å². The van der Waals surface area contributed by atoms with Gasteiger partial charge in [-0.25, -0.2) is 4.68 Å². The standard InChI is InChI=1S/C27H31ClN6OS/c1-4-5-6-10-17-33-26(21-13-15-22(28)16-14-21)30-31-27(33)36-18-24(35)29-25-19(2)32-34(20(25)3)23-11-8-7-9-12-23/h7-9,11-16H,4-6,10,17-18H2,1-3H3,(H,29,35). The Labute approximate surface area is 221 Å². The van der Waals surface area contributed by atoms with E-state index in [0.717, 1.165) is 58.7 Å². The molecule has 7 nitrogen and oxygen atoms in total. The minimum absolute atomic E-state index is 0.104. The zero-order valence-corrected chi connectivity index (χ0v) is 22.4. The molecule has 0 saturated carbocycles. The molecular formula is C27H31ClN6OS. The van der Waals surface area contributed by atoms with Gasteiger partial charge in [0.25, 0.3) is 0 Å². The molecular weight excluding hydrogens is 492 g/mol. The molecule has 0 radical (unpaired) electrons. The third kappa shape index (κ3) is 6.17. The van der Waals surface area contributed by atoms with Crippen molar-refractivity contribution in [2.75, 3.05) is 11.1 Å². The first-order chi connectivity index (χ1) is 17.5. The van der Waals surface area contributed by atoms with Crippen LogP contribution in [0.25, 0.3) is 17.1 Å². The van der Waals surface area contributed by atoms with Crippen molar-refractivity contribution < 1.29 is 4.79 Å². The second-order valence-corrected chi connectivity index (χ2v) is 10.0. The van der Waals surface area contributed by atoms with Crippen LogP contribution in [0.4, 0.5) is 5.69 Å². The average Bonchev–Trinajstić information content (AvgIpc) is 3.42. The van der Waals surface area contributed by atoms with Gasteiger partial charge in [-0.05, 0) is 56.7 Å². The van der Waals surface area contributed by atoms with Gasteiger partial charge < -0.3 is 9.88 Å². The quantitative estimate of drug-likeness (QED) is 0.175. The van der Waals surface area contributed by atoms with E-state index in [9.17, 15) is 4.79 Å². The van der Waals surface area contributed by atoms with Crippen LogP contribution in [0.15, 0.2) is 59.8 Å². The fourth-order valence-electron chi connectivity index (χ4n) is 4.06. The SMILES string of the molecule is CCCCCCn1c(SCC(=O)Nc2c(C)nn(-c3ccccc3)c2C)nnc1-c1ccc(Cl)cc1. The molecule has 4 aromatic rings. The summed E-state index contributed by atoms with van der Waals surface area (Å²) >= 11 is 7.47. The minimum Gasteiger partial charge on any atom is -0.322 e. The Morgan fingerprint density at radius 3 is 2.47 bits per heavy atom. The molecule has 2 heterocycles. The fourth-order valence-corrected chi connectivity index (χ4v) is 4.95. The van der Waals surface area contributed by atoms with Crippen LogP contribution < -0.4 is 5.32 Å². The highest BCUT2D eigenvalue weighted by molar-refractivity contribution is 7.99. The van der Waals surface area contributed by atoms with Crippen molar-refractivity contribution in [1.29, 1.82) is 0 Å². The minimum atomic E-state index is -0.104. The number of aromatic nitrogens is 5. The van der Waals surface area contributed by atoms with Crippen LogP contribution in [0.2, 0.25) is 5.02 Å². The van der Waals surface area contributed by atoms with Crippen molar-refractivity contribution in [3.05, 3.63) is 71.0 Å². The number of thioether (sulfide) groups is 1. The normalized spacial score (nSPS) is 11.1. The van der Waals surface area contributed by atoms with Crippen LogP contribution in [0.3, 0.4) is 0 Å². The Morgan fingerprint density at radius 1 is 1.00 bits per heavy atom. The van der Waals surface area contributed by atoms with E-state index in [1.54, 1.807) is 0 Å². The summed E-state index contributed by atoms with van der Waals surface area (Å²) in [4.78, 5) is 12.9. The summed E-state index contributed by atoms with van der Waals surface area (Å²) in [7, 11) is 0. The van der Waals surface area contributed by atoms with E-state index < -0.39 is 0 Å². The number of nitrogens with one attached hydrogen (secondary N) is 1. The average molecular weight is 523 g/mol. The lowest BCUT2D eigenvalue weighted by Gasteiger charge is -2.11. The Balaban J connectivity index is 1.47. The first kappa shape index (κ1) is 26.0. The van der Waals surface area contributed by atoms with Gasteiger partial charge in [0.05, 0.1) is 28.5 Å². The molecule has 9 heteroatoms. The Hall–Kier alpha value is -3.10. The highest BCUT2D eigenvalue weighted by atomic mass is 35.5. The van der Waals surface area contributed by atoms with E-state index >= 15 is 0 Å². The summed E-state index contributed by atoms with van der Waals surface area (Å²) in [5.41, 5.74) is 4.32. The lowest BCUT2D eigenvalue weighted by molar-refractivity contribution is -0.113. The largest absolute Gasteiger partial charge is 0.322 e. The number of carbonyl (C=O) groups is 1. The number of hydrogen-bond donors (Lipinski definition) is 1. The van der Waals surface area contributed by atoms with E-state index in [0.29, 0.717) is 5.02 Å². The number of aryl methyl sites for hydroxylation is 1. The smallest absolute Gasteiger partial charge is 0.234 e. The van der Waals surface area contributed by atoms with Crippen molar-refractivity contribution in [3.8, 4) is 17.1 Å². The van der Waals surface area contributed by atoms with Gasteiger partial charge in [0.15, 0.2) is 11.0 Å². The van der Waals surface area contributed by atoms with Crippen molar-refractivity contribution in [1.82, 2.24) is 24.5 Å². The fraction of sp³-hybridized carbons (Fsp3) is 0.333. The molecule has 0 bridgehead atoms. The van der Waals surface area contributed by atoms with Crippen molar-refractivity contribution in [2.45, 2.75) is 58.2 Å². The Morgan fingerprint density at radius 2 is 1.75 bits per heavy atom. The zero-order valence-electron chi connectivity index (χ0n) is 20.9. The maximum Gasteiger partial charge on any atom is 0.234 e. The number of halogens is 1. The molecule has 0 aliphatic rings. The second-order valence-electron chi connectivity index (χ2n) is 8.66. The summed E-state index contributed by atoms with van der Waals surface area (Å²) in [5.74, 6) is 0.914. The topological polar surface area (TPSA) is 77.6 Å². The highest BCUT2D eigenvalue weighted by Gasteiger charge is 2.18. The number of unbranched alkanes of at least 4 members (excludes halogenated alkanes) is 3. The molecule has 0 aliphatic carbocycles. The van der Waals surface area contributed by atoms with Gasteiger partial charge in [-0.2, -0.15) is 5.10 Å². The van der Waals surface area contributed by atoms with Crippen LogP contribution in [-0.4, -0.2) is 36.2 Å². The molecule has 0 saturated heterocycles. The van der Waals surface area contributed by atoms with Gasteiger partial charge >= 0.3 is 0 Å². The summed E-state index contributed by atoms with van der Waals surface area (Å²) in [6.07, 6.45) is 4.54. The molecule has 0 aliphatic heterocycles. The predicted molar refractivity (Wildman–Crippen MR) is 147 cm³/mol. The maximum atomic E-state index is 12.9. The Kier molecular flexibility index (Phi) is 8.83. The van der Waals surface area contributed by atoms with Gasteiger partial charge in [-0.15, -0.1) is 10.2 Å². The number of benzene rings is 2. The third-order valence-electron chi connectivity index (χ3n) is 5.94. The zero-order chi connectivity index (χ0) is 25.5. The number of nitrogens with zero attached hydrogens (tertiary/aromatic N) is 5. The molecule has 1 N–H and O–H groups in total. The van der Waals surface area contributed by atoms with Crippen molar-refractivity contribution in [3.63, 3.8) is 0 Å². The lowest BCUT2D eigenvalue weighted by Crippen LogP contribution is -2.16. The van der Waals surface area contributed by atoms with Crippen LogP contribution >= 0.6 is 23.4 Å². The highest BCUT2D eigenvalue weighted by Crippen LogP contribution is 2.27. The van der Waals surface area contributed by atoms with Gasteiger partial charge in [0.1, 0.15) is 0 Å². The molecule has 4 rings (SSSR count). The van der Waals surface area contributed by atoms with E-state index in [2.05, 4.69) is 32.1 Å². The van der Waals surface area contributed by atoms with Gasteiger partial charge in [-0.3, -0.25) is 4.79 Å². The predicted octanol–water partition coefficient (Wildman–Crippen LogP) is 6.71. The number of para-hydroxylation sites is 1. The third-order valence-corrected chi connectivity index (χ3v) is 7.16. The van der Waals surface area contributed by atoms with Gasteiger partial charge in [0, 0.05) is 17.1 Å². The molecule has 0 fully saturated rings. The van der Waals surface area contributed by atoms with E-state index in [1.165, 1.54) is 24.6 Å². The number of amides is 1. The molecule has 0 spiro atoms. The first-order valence-electron chi connectivity index (χ1n) is 12.2. The van der Waals surface area contributed by atoms with E-state index in [4.69, 9.17) is 11.6 Å². The number of anilines is 1. The molecule has 0 unspecified atom stereocenters. The van der Waals surface area contributed by atoms with Crippen LogP contribution in [-0.2, 0) is 11.3 Å². The lowest BCUT2D eigenvalue weighted by atomic mass is 10.2. The number of carbonyl (C=O) groups excluding carboxylic acids is 1.